The highest BCUT2D eigenvalue weighted by Crippen LogP contribution is 2.44. The van der Waals surface area contributed by atoms with Gasteiger partial charge in [-0.25, -0.2) is 23.9 Å². The van der Waals surface area contributed by atoms with E-state index in [1.165, 1.54) is 14.2 Å². The number of hydrogen-bond donors (Lipinski definition) is 4. The van der Waals surface area contributed by atoms with Crippen molar-refractivity contribution >= 4 is 34.9 Å². The van der Waals surface area contributed by atoms with Crippen molar-refractivity contribution in [3.8, 4) is 39.5 Å². The van der Waals surface area contributed by atoms with E-state index in [0.29, 0.717) is 64.8 Å². The summed E-state index contributed by atoms with van der Waals surface area (Å²) >= 11 is 0. The van der Waals surface area contributed by atoms with Crippen LogP contribution in [0.3, 0.4) is 0 Å². The number of methoxy groups -OCH3 is 2. The summed E-state index contributed by atoms with van der Waals surface area (Å²) in [7, 11) is 2.54. The van der Waals surface area contributed by atoms with Crippen molar-refractivity contribution in [2.75, 3.05) is 27.3 Å². The predicted octanol–water partition coefficient (Wildman–Crippen LogP) is 6.67. The van der Waals surface area contributed by atoms with Crippen LogP contribution in [0.15, 0.2) is 48.8 Å². The molecule has 0 spiro atoms. The molecule has 316 valence electrons. The van der Waals surface area contributed by atoms with Crippen LogP contribution in [0, 0.1) is 17.7 Å². The largest absolute Gasteiger partial charge is 0.472 e. The molecule has 3 aliphatic rings. The van der Waals surface area contributed by atoms with E-state index >= 15 is 4.39 Å². The van der Waals surface area contributed by atoms with Crippen LogP contribution >= 0.6 is 0 Å². The van der Waals surface area contributed by atoms with E-state index in [1.807, 2.05) is 62.6 Å². The molecule has 0 aliphatic carbocycles. The lowest BCUT2D eigenvalue weighted by Crippen LogP contribution is -2.51. The van der Waals surface area contributed by atoms with Gasteiger partial charge in [-0.15, -0.1) is 0 Å². The van der Waals surface area contributed by atoms with E-state index in [1.54, 1.807) is 28.3 Å². The molecule has 0 saturated carbocycles. The number of halogens is 1. The molecule has 0 radical (unpaired) electrons. The molecular formula is C43H50FN9O7. The zero-order valence-corrected chi connectivity index (χ0v) is 34.5. The number of fused-ring (bicyclic) bond motifs is 5. The van der Waals surface area contributed by atoms with Gasteiger partial charge in [0, 0.05) is 35.2 Å². The molecule has 4 unspecified atom stereocenters. The Morgan fingerprint density at radius 1 is 0.783 bits per heavy atom. The number of nitrogens with zero attached hydrogens (tertiary/aromatic N) is 5. The Morgan fingerprint density at radius 2 is 1.30 bits per heavy atom. The number of rotatable bonds is 10. The van der Waals surface area contributed by atoms with Gasteiger partial charge in [-0.05, 0) is 61.8 Å². The maximum atomic E-state index is 16.6. The highest BCUT2D eigenvalue weighted by molar-refractivity contribution is 5.93. The number of likely N-dealkylation sites (tertiary alicyclic amines) is 2. The van der Waals surface area contributed by atoms with Gasteiger partial charge in [-0.2, -0.15) is 0 Å². The molecule has 16 nitrogen and oxygen atoms in total. The second-order valence-corrected chi connectivity index (χ2v) is 16.3. The Kier molecular flexibility index (Phi) is 11.0. The fraction of sp³-hybridized carbons (Fsp3) is 0.442. The lowest BCUT2D eigenvalue weighted by molar-refractivity contribution is -0.136. The first-order valence-electron chi connectivity index (χ1n) is 20.4. The van der Waals surface area contributed by atoms with Crippen LogP contribution < -0.4 is 15.4 Å². The number of carbonyl (C=O) groups excluding carboxylic acids is 4. The second-order valence-electron chi connectivity index (χ2n) is 16.3. The number of alkyl carbamates (subject to hydrolysis) is 2. The number of ether oxygens (including phenoxy) is 3. The second kappa shape index (κ2) is 16.3. The Hall–Kier alpha value is -6.39. The van der Waals surface area contributed by atoms with Crippen molar-refractivity contribution in [1.82, 2.24) is 44.9 Å². The van der Waals surface area contributed by atoms with E-state index in [0.717, 1.165) is 36.1 Å². The monoisotopic (exact) mass is 823 g/mol. The third-order valence-corrected chi connectivity index (χ3v) is 11.9. The Balaban J connectivity index is 1.01. The molecule has 17 heteroatoms. The molecule has 8 rings (SSSR count). The summed E-state index contributed by atoms with van der Waals surface area (Å²) in [6, 6.07) is 9.11. The number of aromatic nitrogens is 5. The van der Waals surface area contributed by atoms with E-state index in [9.17, 15) is 19.2 Å². The van der Waals surface area contributed by atoms with Crippen LogP contribution in [0.1, 0.15) is 77.1 Å². The minimum Gasteiger partial charge on any atom is -0.472 e. The lowest BCUT2D eigenvalue weighted by Gasteiger charge is -2.30. The number of nitrogens with one attached hydrogen (secondary N) is 4. The first-order valence-corrected chi connectivity index (χ1v) is 20.4. The third-order valence-electron chi connectivity index (χ3n) is 11.9. The summed E-state index contributed by atoms with van der Waals surface area (Å²) in [5, 5.41) is 5.78. The topological polar surface area (TPSA) is 189 Å². The number of imidazole rings is 2. The molecule has 60 heavy (non-hydrogen) atoms. The number of hydrogen-bond acceptors (Lipinski definition) is 9. The standard InChI is InChI=1S/C43H50FN9O7/c1-22(2)35(49-42(56)58-5)40(54)51-15-7-9-31(51)38-45-19-28(47-38)24-12-14-30-27(17-24)34(44)37-26-13-11-25(18-33(26)60-21-53(30)37)29-20-46-39(48-29)32-10-8-16-52(32)41(55)36(23(3)4)50-43(57)59-6/h11-14,17-20,22-23,31-32,35-36H,7-10,15-16,21H2,1-6H3,(H,45,47)(H,46,48)(H,49,56)(H,50,57). The molecule has 4 amide bonds. The van der Waals surface area contributed by atoms with Gasteiger partial charge in [-0.1, -0.05) is 39.8 Å². The van der Waals surface area contributed by atoms with Gasteiger partial charge in [0.2, 0.25) is 11.8 Å². The maximum Gasteiger partial charge on any atom is 0.407 e. The van der Waals surface area contributed by atoms with Gasteiger partial charge in [-0.3, -0.25) is 9.59 Å². The number of benzene rings is 2. The smallest absolute Gasteiger partial charge is 0.407 e. The minimum atomic E-state index is -0.743. The van der Waals surface area contributed by atoms with Gasteiger partial charge in [0.05, 0.1) is 61.3 Å². The highest BCUT2D eigenvalue weighted by Gasteiger charge is 2.39. The molecule has 5 aromatic rings. The first kappa shape index (κ1) is 40.4. The molecule has 2 fully saturated rings. The minimum absolute atomic E-state index is 0.109. The SMILES string of the molecule is COC(=O)NC(C(=O)N1CCCC1c1ncc(-c2ccc3c(c2)OCn2c-3c(F)c3cc(-c4cnc(C5CCCN5C(=O)C(NC(=O)OC)C(C)C)[nH]4)ccc32)[nH]1)C(C)C. The summed E-state index contributed by atoms with van der Waals surface area (Å²) in [5.74, 6) is 0.742. The lowest BCUT2D eigenvalue weighted by atomic mass is 10.0. The Bertz CT molecular complexity index is 2450. The fourth-order valence-electron chi connectivity index (χ4n) is 8.71. The molecule has 4 atom stereocenters. The van der Waals surface area contributed by atoms with Crippen molar-refractivity contribution in [2.24, 2.45) is 11.8 Å². The van der Waals surface area contributed by atoms with Crippen LogP contribution in [0.4, 0.5) is 14.0 Å². The van der Waals surface area contributed by atoms with Crippen LogP contribution in [-0.4, -0.2) is 97.7 Å². The first-order chi connectivity index (χ1) is 28.9. The third kappa shape index (κ3) is 7.30. The summed E-state index contributed by atoms with van der Waals surface area (Å²) in [4.78, 5) is 70.9. The zero-order valence-electron chi connectivity index (χ0n) is 34.5. The van der Waals surface area contributed by atoms with Crippen molar-refractivity contribution in [1.29, 1.82) is 0 Å². The number of carbonyl (C=O) groups is 4. The van der Waals surface area contributed by atoms with Crippen LogP contribution in [0.25, 0.3) is 44.7 Å². The van der Waals surface area contributed by atoms with Crippen LogP contribution in [0.2, 0.25) is 0 Å². The van der Waals surface area contributed by atoms with Crippen LogP contribution in [-0.2, 0) is 25.8 Å². The average molecular weight is 824 g/mol. The van der Waals surface area contributed by atoms with E-state index in [4.69, 9.17) is 14.2 Å². The van der Waals surface area contributed by atoms with E-state index in [-0.39, 0.29) is 48.3 Å². The number of aromatic amines is 2. The average Bonchev–Trinajstić information content (AvgIpc) is 4.11. The Labute approximate surface area is 346 Å². The summed E-state index contributed by atoms with van der Waals surface area (Å²) in [5.41, 5.74) is 4.65. The summed E-state index contributed by atoms with van der Waals surface area (Å²) < 4.78 is 34.1. The van der Waals surface area contributed by atoms with E-state index < -0.39 is 24.3 Å². The van der Waals surface area contributed by atoms with Gasteiger partial charge < -0.3 is 49.2 Å². The van der Waals surface area contributed by atoms with Crippen molar-refractivity contribution in [2.45, 2.75) is 84.3 Å². The molecular weight excluding hydrogens is 774 g/mol. The van der Waals surface area contributed by atoms with Crippen molar-refractivity contribution in [3.05, 3.63) is 66.3 Å². The maximum absolute atomic E-state index is 16.6. The summed E-state index contributed by atoms with van der Waals surface area (Å²) in [6.07, 6.45) is 5.12. The highest BCUT2D eigenvalue weighted by atomic mass is 19.1. The molecule has 6 heterocycles. The summed E-state index contributed by atoms with van der Waals surface area (Å²) in [6.45, 7) is 8.68. The van der Waals surface area contributed by atoms with Crippen LogP contribution in [0.5, 0.6) is 5.75 Å². The fourth-order valence-corrected chi connectivity index (χ4v) is 8.71. The zero-order chi connectivity index (χ0) is 42.4. The molecule has 4 N–H and O–H groups in total. The Morgan fingerprint density at radius 3 is 1.82 bits per heavy atom. The molecule has 3 aromatic heterocycles. The molecule has 0 bridgehead atoms. The van der Waals surface area contributed by atoms with Gasteiger partial charge in [0.25, 0.3) is 0 Å². The number of H-pyrrole nitrogens is 2. The normalized spacial score (nSPS) is 18.3. The van der Waals surface area contributed by atoms with E-state index in [2.05, 4.69) is 30.6 Å². The molecule has 2 saturated heterocycles. The number of amides is 4. The van der Waals surface area contributed by atoms with Gasteiger partial charge >= 0.3 is 12.2 Å². The van der Waals surface area contributed by atoms with Gasteiger partial charge in [0.15, 0.2) is 12.5 Å². The quantitative estimate of drug-likeness (QED) is 0.119. The molecule has 2 aromatic carbocycles. The van der Waals surface area contributed by atoms with Crippen molar-refractivity contribution in [3.63, 3.8) is 0 Å². The molecule has 3 aliphatic heterocycles. The van der Waals surface area contributed by atoms with Gasteiger partial charge in [0.1, 0.15) is 29.5 Å². The van der Waals surface area contributed by atoms with Crippen molar-refractivity contribution < 1.29 is 37.8 Å². The predicted molar refractivity (Wildman–Crippen MR) is 219 cm³/mol.